The summed E-state index contributed by atoms with van der Waals surface area (Å²) >= 11 is 9.33. The number of amides is 1. The first-order valence-electron chi connectivity index (χ1n) is 11.2. The van der Waals surface area contributed by atoms with Crippen LogP contribution in [0.2, 0.25) is 5.02 Å². The van der Waals surface area contributed by atoms with Gasteiger partial charge in [-0.25, -0.2) is 9.78 Å². The van der Waals surface area contributed by atoms with E-state index in [0.29, 0.717) is 32.1 Å². The largest absolute Gasteiger partial charge is 0.462 e. The molecule has 0 atom stereocenters. The van der Waals surface area contributed by atoms with Crippen molar-refractivity contribution in [2.45, 2.75) is 40.0 Å². The maximum absolute atomic E-state index is 13.6. The number of halogens is 1. The molecule has 0 fully saturated rings. The van der Waals surface area contributed by atoms with E-state index in [0.717, 1.165) is 34.7 Å². The zero-order valence-corrected chi connectivity index (χ0v) is 21.6. The summed E-state index contributed by atoms with van der Waals surface area (Å²) in [6, 6.07) is 13.1. The average molecular weight is 513 g/mol. The molecule has 0 spiro atoms. The monoisotopic (exact) mass is 512 g/mol. The first-order chi connectivity index (χ1) is 16.4. The van der Waals surface area contributed by atoms with Crippen LogP contribution in [0.3, 0.4) is 0 Å². The molecule has 1 amide bonds. The molecule has 0 bridgehead atoms. The van der Waals surface area contributed by atoms with Crippen molar-refractivity contribution in [3.63, 3.8) is 0 Å². The number of fused-ring (bicyclic) bond motifs is 1. The number of benzene rings is 1. The number of hydrogen-bond donors (Lipinski definition) is 1. The van der Waals surface area contributed by atoms with Gasteiger partial charge in [0, 0.05) is 20.2 Å². The highest BCUT2D eigenvalue weighted by Gasteiger charge is 2.21. The molecule has 0 aliphatic heterocycles. The van der Waals surface area contributed by atoms with E-state index >= 15 is 0 Å². The van der Waals surface area contributed by atoms with Crippen LogP contribution in [0, 0.1) is 0 Å². The summed E-state index contributed by atoms with van der Waals surface area (Å²) in [6.45, 7) is 6.21. The van der Waals surface area contributed by atoms with E-state index in [1.165, 1.54) is 16.2 Å². The third-order valence-electron chi connectivity index (χ3n) is 5.28. The summed E-state index contributed by atoms with van der Waals surface area (Å²) in [5.74, 6) is -0.760. The van der Waals surface area contributed by atoms with Gasteiger partial charge in [-0.05, 0) is 62.2 Å². The second-order valence-electron chi connectivity index (χ2n) is 7.72. The van der Waals surface area contributed by atoms with Gasteiger partial charge in [0.2, 0.25) is 0 Å². The molecule has 4 rings (SSSR count). The Labute approximate surface area is 211 Å². The topological polar surface area (TPSA) is 68.3 Å². The van der Waals surface area contributed by atoms with Crippen LogP contribution in [0.4, 0.5) is 5.00 Å². The first kappa shape index (κ1) is 24.4. The van der Waals surface area contributed by atoms with Gasteiger partial charge >= 0.3 is 5.97 Å². The smallest absolute Gasteiger partial charge is 0.341 e. The number of aryl methyl sites for hydroxylation is 2. The Hall–Kier alpha value is -2.74. The maximum atomic E-state index is 13.6. The van der Waals surface area contributed by atoms with Crippen LogP contribution >= 0.6 is 34.3 Å². The molecule has 0 aliphatic carbocycles. The molecule has 0 aliphatic rings. The van der Waals surface area contributed by atoms with E-state index < -0.39 is 5.97 Å². The average Bonchev–Trinajstić information content (AvgIpc) is 3.46. The fraction of sp³-hybridized carbons (Fsp3) is 0.269. The minimum absolute atomic E-state index is 0.266. The number of esters is 1. The van der Waals surface area contributed by atoms with Crippen molar-refractivity contribution in [1.82, 2.24) is 4.98 Å². The van der Waals surface area contributed by atoms with Crippen molar-refractivity contribution in [2.24, 2.45) is 0 Å². The lowest BCUT2D eigenvalue weighted by Gasteiger charge is -2.11. The van der Waals surface area contributed by atoms with E-state index in [-0.39, 0.29) is 12.5 Å². The number of nitrogens with zero attached hydrogens (tertiary/aromatic N) is 1. The molecule has 3 aromatic heterocycles. The Morgan fingerprint density at radius 2 is 1.82 bits per heavy atom. The number of carbonyl (C=O) groups is 2. The van der Waals surface area contributed by atoms with Gasteiger partial charge in [0.1, 0.15) is 5.00 Å². The lowest BCUT2D eigenvalue weighted by atomic mass is 10.1. The van der Waals surface area contributed by atoms with E-state index in [1.54, 1.807) is 36.5 Å². The standard InChI is InChI=1S/C26H25ClN2O3S2/c1-4-7-17-13-20(26(31)32-6-3)25(34-17)29-24(30)19-14-22(23-11-9-16(5-2)33-23)28-21-10-8-15(27)12-18(19)21/h8-14H,4-7H2,1-3H3,(H,29,30). The molecule has 176 valence electrons. The molecule has 1 aromatic carbocycles. The van der Waals surface area contributed by atoms with Gasteiger partial charge in [-0.3, -0.25) is 4.79 Å². The molecular weight excluding hydrogens is 488 g/mol. The normalized spacial score (nSPS) is 11.1. The number of anilines is 1. The summed E-state index contributed by atoms with van der Waals surface area (Å²) in [7, 11) is 0. The van der Waals surface area contributed by atoms with E-state index in [2.05, 4.69) is 25.2 Å². The summed E-state index contributed by atoms with van der Waals surface area (Å²) in [5, 5.41) is 4.63. The van der Waals surface area contributed by atoms with Gasteiger partial charge in [-0.2, -0.15) is 0 Å². The van der Waals surface area contributed by atoms with Crippen molar-refractivity contribution in [3.8, 4) is 10.6 Å². The van der Waals surface area contributed by atoms with Crippen molar-refractivity contribution >= 4 is 62.1 Å². The lowest BCUT2D eigenvalue weighted by Crippen LogP contribution is -2.15. The van der Waals surface area contributed by atoms with Crippen LogP contribution < -0.4 is 5.32 Å². The fourth-order valence-electron chi connectivity index (χ4n) is 3.65. The quantitative estimate of drug-likeness (QED) is 0.246. The lowest BCUT2D eigenvalue weighted by molar-refractivity contribution is 0.0528. The number of hydrogen-bond acceptors (Lipinski definition) is 6. The number of aromatic nitrogens is 1. The number of ether oxygens (including phenoxy) is 1. The van der Waals surface area contributed by atoms with Gasteiger partial charge < -0.3 is 10.1 Å². The highest BCUT2D eigenvalue weighted by Crippen LogP contribution is 2.34. The molecule has 8 heteroatoms. The van der Waals surface area contributed by atoms with Gasteiger partial charge in [0.25, 0.3) is 5.91 Å². The molecule has 3 heterocycles. The predicted molar refractivity (Wildman–Crippen MR) is 142 cm³/mol. The highest BCUT2D eigenvalue weighted by atomic mass is 35.5. The summed E-state index contributed by atoms with van der Waals surface area (Å²) in [4.78, 5) is 34.1. The minimum atomic E-state index is -0.439. The zero-order chi connectivity index (χ0) is 24.2. The molecule has 4 aromatic rings. The SMILES string of the molecule is CCCc1cc(C(=O)OCC)c(NC(=O)c2cc(-c3ccc(CC)s3)nc3ccc(Cl)cc23)s1. The Balaban J connectivity index is 1.78. The Kier molecular flexibility index (Phi) is 7.66. The van der Waals surface area contributed by atoms with Crippen molar-refractivity contribution in [1.29, 1.82) is 0 Å². The number of carbonyl (C=O) groups excluding carboxylic acids is 2. The zero-order valence-electron chi connectivity index (χ0n) is 19.2. The summed E-state index contributed by atoms with van der Waals surface area (Å²) < 4.78 is 5.21. The first-order valence-corrected chi connectivity index (χ1v) is 13.2. The third-order valence-corrected chi connectivity index (χ3v) is 7.88. The molecule has 5 nitrogen and oxygen atoms in total. The van der Waals surface area contributed by atoms with Gasteiger partial charge in [-0.1, -0.05) is 31.9 Å². The van der Waals surface area contributed by atoms with Crippen LogP contribution in [0.25, 0.3) is 21.5 Å². The fourth-order valence-corrected chi connectivity index (χ4v) is 5.87. The summed E-state index contributed by atoms with van der Waals surface area (Å²) in [5.41, 5.74) is 2.25. The number of thiophene rings is 2. The van der Waals surface area contributed by atoms with E-state index in [9.17, 15) is 9.59 Å². The summed E-state index contributed by atoms with van der Waals surface area (Å²) in [6.07, 6.45) is 2.70. The van der Waals surface area contributed by atoms with Gasteiger partial charge in [-0.15, -0.1) is 22.7 Å². The third kappa shape index (κ3) is 5.17. The van der Waals surface area contributed by atoms with Gasteiger partial charge in [0.15, 0.2) is 0 Å². The maximum Gasteiger partial charge on any atom is 0.341 e. The van der Waals surface area contributed by atoms with E-state index in [4.69, 9.17) is 21.3 Å². The second kappa shape index (κ2) is 10.7. The van der Waals surface area contributed by atoms with Crippen LogP contribution in [0.1, 0.15) is 57.7 Å². The Morgan fingerprint density at radius 3 is 2.53 bits per heavy atom. The van der Waals surface area contributed by atoms with Gasteiger partial charge in [0.05, 0.1) is 33.8 Å². The highest BCUT2D eigenvalue weighted by molar-refractivity contribution is 7.16. The van der Waals surface area contributed by atoms with E-state index in [1.807, 2.05) is 18.2 Å². The van der Waals surface area contributed by atoms with Crippen LogP contribution in [0.15, 0.2) is 42.5 Å². The minimum Gasteiger partial charge on any atom is -0.462 e. The van der Waals surface area contributed by atoms with Crippen molar-refractivity contribution in [3.05, 3.63) is 68.4 Å². The van der Waals surface area contributed by atoms with Crippen LogP contribution in [0.5, 0.6) is 0 Å². The molecule has 0 unspecified atom stereocenters. The number of pyridine rings is 1. The van der Waals surface area contributed by atoms with Crippen LogP contribution in [-0.2, 0) is 17.6 Å². The Morgan fingerprint density at radius 1 is 1.00 bits per heavy atom. The van der Waals surface area contributed by atoms with Crippen molar-refractivity contribution in [2.75, 3.05) is 11.9 Å². The van der Waals surface area contributed by atoms with Crippen LogP contribution in [-0.4, -0.2) is 23.5 Å². The number of nitrogens with one attached hydrogen (secondary N) is 1. The molecule has 34 heavy (non-hydrogen) atoms. The molecular formula is C26H25ClN2O3S2. The number of rotatable bonds is 8. The molecule has 0 saturated heterocycles. The van der Waals surface area contributed by atoms with Crippen molar-refractivity contribution < 1.29 is 14.3 Å². The second-order valence-corrected chi connectivity index (χ2v) is 10.5. The molecule has 0 radical (unpaired) electrons. The molecule has 0 saturated carbocycles. The molecule has 1 N–H and O–H groups in total. The predicted octanol–water partition coefficient (Wildman–Crippen LogP) is 7.62. The Bertz CT molecular complexity index is 1360.